The Balaban J connectivity index is 2.12. The molecule has 0 unspecified atom stereocenters. The van der Waals surface area contributed by atoms with E-state index in [-0.39, 0.29) is 0 Å². The summed E-state index contributed by atoms with van der Waals surface area (Å²) >= 11 is 0. The van der Waals surface area contributed by atoms with Crippen molar-refractivity contribution in [3.63, 3.8) is 0 Å². The van der Waals surface area contributed by atoms with Gasteiger partial charge in [-0.15, -0.1) is 0 Å². The van der Waals surface area contributed by atoms with Gasteiger partial charge in [0.05, 0.1) is 5.56 Å². The zero-order valence-electron chi connectivity index (χ0n) is 9.34. The Labute approximate surface area is 99.8 Å². The maximum absolute atomic E-state index is 11.0. The SMILES string of the molecule is O=C(O)c1ccncc1CCc1ccccc1. The predicted molar refractivity (Wildman–Crippen MR) is 65.0 cm³/mol. The first kappa shape index (κ1) is 11.3. The van der Waals surface area contributed by atoms with E-state index in [1.54, 1.807) is 12.3 Å². The average molecular weight is 227 g/mol. The van der Waals surface area contributed by atoms with E-state index < -0.39 is 5.97 Å². The molecule has 1 aromatic heterocycles. The second kappa shape index (κ2) is 5.25. The number of carboxylic acid groups (broad SMARTS) is 1. The summed E-state index contributed by atoms with van der Waals surface area (Å²) in [5.74, 6) is -0.893. The zero-order chi connectivity index (χ0) is 12.1. The monoisotopic (exact) mass is 227 g/mol. The lowest BCUT2D eigenvalue weighted by Crippen LogP contribution is -2.04. The fourth-order valence-electron chi connectivity index (χ4n) is 1.76. The van der Waals surface area contributed by atoms with Crippen molar-refractivity contribution in [2.24, 2.45) is 0 Å². The fourth-order valence-corrected chi connectivity index (χ4v) is 1.76. The number of aromatic carboxylic acids is 1. The molecule has 0 amide bonds. The van der Waals surface area contributed by atoms with Crippen LogP contribution < -0.4 is 0 Å². The summed E-state index contributed by atoms with van der Waals surface area (Å²) in [7, 11) is 0. The fraction of sp³-hybridized carbons (Fsp3) is 0.143. The number of hydrogen-bond donors (Lipinski definition) is 1. The number of rotatable bonds is 4. The van der Waals surface area contributed by atoms with Gasteiger partial charge in [0, 0.05) is 12.4 Å². The number of benzene rings is 1. The first-order valence-electron chi connectivity index (χ1n) is 5.47. The molecule has 0 spiro atoms. The number of aromatic nitrogens is 1. The molecule has 1 heterocycles. The van der Waals surface area contributed by atoms with Crippen molar-refractivity contribution in [1.29, 1.82) is 0 Å². The standard InChI is InChI=1S/C14H13NO2/c16-14(17)13-8-9-15-10-12(13)7-6-11-4-2-1-3-5-11/h1-5,8-10H,6-7H2,(H,16,17). The summed E-state index contributed by atoms with van der Waals surface area (Å²) in [4.78, 5) is 15.0. The van der Waals surface area contributed by atoms with Crippen LogP contribution in [0.2, 0.25) is 0 Å². The topological polar surface area (TPSA) is 50.2 Å². The third-order valence-electron chi connectivity index (χ3n) is 2.66. The summed E-state index contributed by atoms with van der Waals surface area (Å²) in [6, 6.07) is 11.6. The minimum Gasteiger partial charge on any atom is -0.478 e. The quantitative estimate of drug-likeness (QED) is 0.873. The largest absolute Gasteiger partial charge is 0.478 e. The van der Waals surface area contributed by atoms with E-state index >= 15 is 0 Å². The molecule has 0 saturated carbocycles. The minimum atomic E-state index is -0.893. The molecule has 0 bridgehead atoms. The lowest BCUT2D eigenvalue weighted by Gasteiger charge is -2.05. The van der Waals surface area contributed by atoms with Crippen LogP contribution in [-0.4, -0.2) is 16.1 Å². The molecule has 0 atom stereocenters. The van der Waals surface area contributed by atoms with Crippen LogP contribution in [0.15, 0.2) is 48.8 Å². The van der Waals surface area contributed by atoms with Crippen molar-refractivity contribution < 1.29 is 9.90 Å². The van der Waals surface area contributed by atoms with Crippen molar-refractivity contribution in [2.75, 3.05) is 0 Å². The molecule has 0 aliphatic rings. The smallest absolute Gasteiger partial charge is 0.336 e. The van der Waals surface area contributed by atoms with E-state index in [2.05, 4.69) is 4.98 Å². The maximum Gasteiger partial charge on any atom is 0.336 e. The normalized spacial score (nSPS) is 10.1. The summed E-state index contributed by atoms with van der Waals surface area (Å²) in [5.41, 5.74) is 2.33. The van der Waals surface area contributed by atoms with E-state index in [0.717, 1.165) is 12.0 Å². The van der Waals surface area contributed by atoms with Crippen LogP contribution in [0.1, 0.15) is 21.5 Å². The molecule has 0 radical (unpaired) electrons. The van der Waals surface area contributed by atoms with Crippen LogP contribution in [0.25, 0.3) is 0 Å². The molecule has 2 aromatic rings. The van der Waals surface area contributed by atoms with Crippen molar-refractivity contribution in [3.05, 3.63) is 65.5 Å². The highest BCUT2D eigenvalue weighted by atomic mass is 16.4. The summed E-state index contributed by atoms with van der Waals surface area (Å²) in [6.45, 7) is 0. The number of aryl methyl sites for hydroxylation is 2. The second-order valence-corrected chi connectivity index (χ2v) is 3.82. The number of carboxylic acids is 1. The molecule has 0 saturated heterocycles. The Morgan fingerprint density at radius 3 is 2.59 bits per heavy atom. The van der Waals surface area contributed by atoms with Crippen LogP contribution >= 0.6 is 0 Å². The highest BCUT2D eigenvalue weighted by Crippen LogP contribution is 2.11. The summed E-state index contributed by atoms with van der Waals surface area (Å²) < 4.78 is 0. The minimum absolute atomic E-state index is 0.343. The van der Waals surface area contributed by atoms with Crippen LogP contribution in [0, 0.1) is 0 Å². The van der Waals surface area contributed by atoms with Crippen LogP contribution in [0.5, 0.6) is 0 Å². The van der Waals surface area contributed by atoms with Gasteiger partial charge in [-0.3, -0.25) is 4.98 Å². The van der Waals surface area contributed by atoms with Gasteiger partial charge in [-0.25, -0.2) is 4.79 Å². The Morgan fingerprint density at radius 1 is 1.12 bits per heavy atom. The van der Waals surface area contributed by atoms with Crippen LogP contribution in [-0.2, 0) is 12.8 Å². The Bertz CT molecular complexity index is 509. The van der Waals surface area contributed by atoms with Gasteiger partial charge in [0.15, 0.2) is 0 Å². The van der Waals surface area contributed by atoms with Gasteiger partial charge in [0.2, 0.25) is 0 Å². The lowest BCUT2D eigenvalue weighted by molar-refractivity contribution is 0.0695. The molecule has 0 aliphatic carbocycles. The summed E-state index contributed by atoms with van der Waals surface area (Å²) in [5, 5.41) is 9.04. The third kappa shape index (κ3) is 2.91. The van der Waals surface area contributed by atoms with Gasteiger partial charge in [-0.1, -0.05) is 30.3 Å². The van der Waals surface area contributed by atoms with Crippen molar-refractivity contribution in [2.45, 2.75) is 12.8 Å². The maximum atomic E-state index is 11.0. The van der Waals surface area contributed by atoms with Gasteiger partial charge >= 0.3 is 5.97 Å². The summed E-state index contributed by atoms with van der Waals surface area (Å²) in [6.07, 6.45) is 4.66. The number of pyridine rings is 1. The van der Waals surface area contributed by atoms with Crippen molar-refractivity contribution in [1.82, 2.24) is 4.98 Å². The Morgan fingerprint density at radius 2 is 1.88 bits per heavy atom. The van der Waals surface area contributed by atoms with Crippen LogP contribution in [0.3, 0.4) is 0 Å². The van der Waals surface area contributed by atoms with Gasteiger partial charge < -0.3 is 5.11 Å². The number of carbonyl (C=O) groups is 1. The van der Waals surface area contributed by atoms with Crippen molar-refractivity contribution >= 4 is 5.97 Å². The highest BCUT2D eigenvalue weighted by Gasteiger charge is 2.09. The molecule has 1 N–H and O–H groups in total. The molecule has 86 valence electrons. The van der Waals surface area contributed by atoms with E-state index in [1.165, 1.54) is 11.8 Å². The first-order valence-corrected chi connectivity index (χ1v) is 5.47. The van der Waals surface area contributed by atoms with Crippen molar-refractivity contribution in [3.8, 4) is 0 Å². The van der Waals surface area contributed by atoms with E-state index in [1.807, 2.05) is 30.3 Å². The molecule has 0 fully saturated rings. The molecule has 3 nitrogen and oxygen atoms in total. The number of nitrogens with zero attached hydrogens (tertiary/aromatic N) is 1. The molecule has 1 aromatic carbocycles. The molecule has 0 aliphatic heterocycles. The highest BCUT2D eigenvalue weighted by molar-refractivity contribution is 5.89. The van der Waals surface area contributed by atoms with Gasteiger partial charge in [0.1, 0.15) is 0 Å². The third-order valence-corrected chi connectivity index (χ3v) is 2.66. The second-order valence-electron chi connectivity index (χ2n) is 3.82. The molecule has 2 rings (SSSR count). The van der Waals surface area contributed by atoms with E-state index in [4.69, 9.17) is 5.11 Å². The lowest BCUT2D eigenvalue weighted by atomic mass is 10.0. The number of hydrogen-bond acceptors (Lipinski definition) is 2. The van der Waals surface area contributed by atoms with E-state index in [9.17, 15) is 4.79 Å². The van der Waals surface area contributed by atoms with Gasteiger partial charge in [-0.2, -0.15) is 0 Å². The first-order chi connectivity index (χ1) is 8.27. The Hall–Kier alpha value is -2.16. The Kier molecular flexibility index (Phi) is 3.50. The van der Waals surface area contributed by atoms with E-state index in [0.29, 0.717) is 12.0 Å². The zero-order valence-corrected chi connectivity index (χ0v) is 9.34. The van der Waals surface area contributed by atoms with Gasteiger partial charge in [-0.05, 0) is 30.0 Å². The molecule has 3 heteroatoms. The predicted octanol–water partition coefficient (Wildman–Crippen LogP) is 2.57. The molecular formula is C14H13NO2. The van der Waals surface area contributed by atoms with Crippen LogP contribution in [0.4, 0.5) is 0 Å². The average Bonchev–Trinajstić information content (AvgIpc) is 2.38. The molecule has 17 heavy (non-hydrogen) atoms. The van der Waals surface area contributed by atoms with Gasteiger partial charge in [0.25, 0.3) is 0 Å². The molecular weight excluding hydrogens is 214 g/mol.